The van der Waals surface area contributed by atoms with Crippen LogP contribution in [-0.2, 0) is 0 Å². The molecule has 0 radical (unpaired) electrons. The van der Waals surface area contributed by atoms with E-state index in [1.165, 1.54) is 6.07 Å². The summed E-state index contributed by atoms with van der Waals surface area (Å²) in [7, 11) is 2.08. The summed E-state index contributed by atoms with van der Waals surface area (Å²) in [5.74, 6) is -0.160. The van der Waals surface area contributed by atoms with E-state index in [9.17, 15) is 4.39 Å². The highest BCUT2D eigenvalue weighted by molar-refractivity contribution is 5.27. The summed E-state index contributed by atoms with van der Waals surface area (Å²) in [5, 5.41) is 0. The van der Waals surface area contributed by atoms with Gasteiger partial charge in [0.05, 0.1) is 0 Å². The fourth-order valence-corrected chi connectivity index (χ4v) is 2.06. The van der Waals surface area contributed by atoms with Crippen LogP contribution in [0.25, 0.3) is 0 Å². The van der Waals surface area contributed by atoms with E-state index in [0.717, 1.165) is 12.0 Å². The Hall–Kier alpha value is -0.930. The lowest BCUT2D eigenvalue weighted by atomic mass is 9.94. The molecule has 1 aromatic rings. The molecule has 102 valence electrons. The lowest BCUT2D eigenvalue weighted by Crippen LogP contribution is -2.45. The van der Waals surface area contributed by atoms with Crippen LogP contribution in [0.15, 0.2) is 18.2 Å². The van der Waals surface area contributed by atoms with E-state index in [1.54, 1.807) is 6.92 Å². The van der Waals surface area contributed by atoms with Gasteiger partial charge in [0.15, 0.2) is 0 Å². The molecule has 0 bridgehead atoms. The van der Waals surface area contributed by atoms with Crippen LogP contribution < -0.4 is 5.73 Å². The second kappa shape index (κ2) is 5.81. The molecule has 3 heteroatoms. The number of aryl methyl sites for hydroxylation is 1. The number of halogens is 1. The van der Waals surface area contributed by atoms with Gasteiger partial charge in [-0.2, -0.15) is 0 Å². The molecule has 1 aromatic carbocycles. The second-order valence-corrected chi connectivity index (χ2v) is 5.54. The molecule has 0 spiro atoms. The molecule has 1 unspecified atom stereocenters. The van der Waals surface area contributed by atoms with Crippen LogP contribution in [0, 0.1) is 12.7 Å². The summed E-state index contributed by atoms with van der Waals surface area (Å²) in [6.07, 6.45) is 1.04. The molecule has 0 aliphatic heterocycles. The third kappa shape index (κ3) is 3.09. The Morgan fingerprint density at radius 3 is 2.44 bits per heavy atom. The maximum Gasteiger partial charge on any atom is 0.126 e. The number of likely N-dealkylation sites (N-methyl/N-ethyl adjacent to an activating group) is 1. The highest BCUT2D eigenvalue weighted by Gasteiger charge is 2.28. The summed E-state index contributed by atoms with van der Waals surface area (Å²) in [6.45, 7) is 8.89. The molecular formula is C15H25FN2. The van der Waals surface area contributed by atoms with Gasteiger partial charge in [-0.25, -0.2) is 4.39 Å². The first-order chi connectivity index (χ1) is 8.33. The Bertz CT molecular complexity index is 401. The van der Waals surface area contributed by atoms with Crippen molar-refractivity contribution in [2.45, 2.75) is 45.7 Å². The lowest BCUT2D eigenvalue weighted by Gasteiger charge is -2.40. The predicted molar refractivity (Wildman–Crippen MR) is 75.1 cm³/mol. The highest BCUT2D eigenvalue weighted by atomic mass is 19.1. The van der Waals surface area contributed by atoms with Crippen LogP contribution in [-0.4, -0.2) is 24.0 Å². The minimum Gasteiger partial charge on any atom is -0.329 e. The van der Waals surface area contributed by atoms with Crippen LogP contribution in [0.1, 0.15) is 44.4 Å². The molecule has 0 aliphatic rings. The van der Waals surface area contributed by atoms with Gasteiger partial charge in [0, 0.05) is 18.1 Å². The zero-order chi connectivity index (χ0) is 13.9. The van der Waals surface area contributed by atoms with Crippen LogP contribution in [0.2, 0.25) is 0 Å². The molecule has 1 atom stereocenters. The van der Waals surface area contributed by atoms with Crippen LogP contribution in [0.3, 0.4) is 0 Å². The summed E-state index contributed by atoms with van der Waals surface area (Å²) in [5.41, 5.74) is 7.74. The van der Waals surface area contributed by atoms with E-state index in [0.29, 0.717) is 12.1 Å². The molecule has 0 saturated heterocycles. The number of nitrogens with two attached hydrogens (primary N) is 1. The van der Waals surface area contributed by atoms with Gasteiger partial charge < -0.3 is 5.73 Å². The molecule has 0 fully saturated rings. The van der Waals surface area contributed by atoms with Gasteiger partial charge in [-0.3, -0.25) is 4.90 Å². The molecule has 0 heterocycles. The molecule has 0 saturated carbocycles. The maximum atomic E-state index is 13.3. The highest BCUT2D eigenvalue weighted by Crippen LogP contribution is 2.28. The van der Waals surface area contributed by atoms with E-state index in [2.05, 4.69) is 32.7 Å². The SMILES string of the molecule is CCC(C)(C)N(C)C(CN)c1ccc(F)c(C)c1. The fraction of sp³-hybridized carbons (Fsp3) is 0.600. The molecule has 0 amide bonds. The largest absolute Gasteiger partial charge is 0.329 e. The zero-order valence-corrected chi connectivity index (χ0v) is 12.1. The van der Waals surface area contributed by atoms with Crippen molar-refractivity contribution in [1.82, 2.24) is 4.90 Å². The minimum absolute atomic E-state index is 0.0757. The van der Waals surface area contributed by atoms with Crippen LogP contribution in [0.5, 0.6) is 0 Å². The molecular weight excluding hydrogens is 227 g/mol. The first kappa shape index (κ1) is 15.1. The minimum atomic E-state index is -0.160. The average molecular weight is 252 g/mol. The monoisotopic (exact) mass is 252 g/mol. The zero-order valence-electron chi connectivity index (χ0n) is 12.1. The Kier molecular flexibility index (Phi) is 4.88. The molecule has 0 aliphatic carbocycles. The molecule has 0 aromatic heterocycles. The number of hydrogen-bond donors (Lipinski definition) is 1. The number of benzene rings is 1. The summed E-state index contributed by atoms with van der Waals surface area (Å²) in [6, 6.07) is 5.39. The van der Waals surface area contributed by atoms with Crippen molar-refractivity contribution >= 4 is 0 Å². The van der Waals surface area contributed by atoms with Gasteiger partial charge >= 0.3 is 0 Å². The predicted octanol–water partition coefficient (Wildman–Crippen LogP) is 3.25. The number of hydrogen-bond acceptors (Lipinski definition) is 2. The van der Waals surface area contributed by atoms with E-state index in [-0.39, 0.29) is 17.4 Å². The molecule has 2 N–H and O–H groups in total. The third-order valence-corrected chi connectivity index (χ3v) is 4.08. The smallest absolute Gasteiger partial charge is 0.126 e. The number of nitrogens with zero attached hydrogens (tertiary/aromatic N) is 1. The van der Waals surface area contributed by atoms with Gasteiger partial charge in [0.25, 0.3) is 0 Å². The summed E-state index contributed by atoms with van der Waals surface area (Å²) < 4.78 is 13.3. The van der Waals surface area contributed by atoms with Gasteiger partial charge in [-0.05, 0) is 51.4 Å². The Balaban J connectivity index is 3.06. The van der Waals surface area contributed by atoms with Crippen molar-refractivity contribution in [2.75, 3.05) is 13.6 Å². The van der Waals surface area contributed by atoms with E-state index in [4.69, 9.17) is 5.73 Å². The van der Waals surface area contributed by atoms with Crippen molar-refractivity contribution < 1.29 is 4.39 Å². The van der Waals surface area contributed by atoms with Crippen LogP contribution in [0.4, 0.5) is 4.39 Å². The van der Waals surface area contributed by atoms with Gasteiger partial charge in [0.1, 0.15) is 5.82 Å². The quantitative estimate of drug-likeness (QED) is 0.871. The van der Waals surface area contributed by atoms with Gasteiger partial charge in [-0.15, -0.1) is 0 Å². The average Bonchev–Trinajstić information content (AvgIpc) is 2.34. The molecule has 1 rings (SSSR count). The van der Waals surface area contributed by atoms with E-state index in [1.807, 2.05) is 12.1 Å². The Labute approximate surface area is 110 Å². The van der Waals surface area contributed by atoms with Crippen molar-refractivity contribution in [3.8, 4) is 0 Å². The first-order valence-electron chi connectivity index (χ1n) is 6.52. The van der Waals surface area contributed by atoms with Crippen molar-refractivity contribution in [3.05, 3.63) is 35.1 Å². The van der Waals surface area contributed by atoms with Gasteiger partial charge in [0.2, 0.25) is 0 Å². The van der Waals surface area contributed by atoms with Crippen LogP contribution >= 0.6 is 0 Å². The van der Waals surface area contributed by atoms with Gasteiger partial charge in [-0.1, -0.05) is 19.1 Å². The van der Waals surface area contributed by atoms with Crippen molar-refractivity contribution in [1.29, 1.82) is 0 Å². The van der Waals surface area contributed by atoms with E-state index < -0.39 is 0 Å². The maximum absolute atomic E-state index is 13.3. The second-order valence-electron chi connectivity index (χ2n) is 5.54. The molecule has 2 nitrogen and oxygen atoms in total. The van der Waals surface area contributed by atoms with E-state index >= 15 is 0 Å². The standard InChI is InChI=1S/C15H25FN2/c1-6-15(3,4)18(5)14(10-17)12-7-8-13(16)11(2)9-12/h7-9,14H,6,10,17H2,1-5H3. The molecule has 18 heavy (non-hydrogen) atoms. The fourth-order valence-electron chi connectivity index (χ4n) is 2.06. The third-order valence-electron chi connectivity index (χ3n) is 4.08. The Morgan fingerprint density at radius 2 is 2.00 bits per heavy atom. The lowest BCUT2D eigenvalue weighted by molar-refractivity contribution is 0.100. The summed E-state index contributed by atoms with van der Waals surface area (Å²) in [4.78, 5) is 2.28. The number of rotatable bonds is 5. The van der Waals surface area contributed by atoms with Crippen molar-refractivity contribution in [2.24, 2.45) is 5.73 Å². The topological polar surface area (TPSA) is 29.3 Å². The Morgan fingerprint density at radius 1 is 1.39 bits per heavy atom. The summed E-state index contributed by atoms with van der Waals surface area (Å²) >= 11 is 0. The normalized spacial score (nSPS) is 14.0. The van der Waals surface area contributed by atoms with Crippen molar-refractivity contribution in [3.63, 3.8) is 0 Å². The first-order valence-corrected chi connectivity index (χ1v) is 6.52.